The smallest absolute Gasteiger partial charge is 0.222 e. The Balaban J connectivity index is 2.16. The number of anilines is 1. The van der Waals surface area contributed by atoms with Gasteiger partial charge in [0.2, 0.25) is 5.91 Å². The Labute approximate surface area is 113 Å². The Morgan fingerprint density at radius 3 is 2.89 bits per heavy atom. The summed E-state index contributed by atoms with van der Waals surface area (Å²) in [4.78, 5) is 14.1. The molecular formula is C16H18N2O. The summed E-state index contributed by atoms with van der Waals surface area (Å²) in [5, 5.41) is 3.11. The molecule has 2 atom stereocenters. The maximum atomic E-state index is 11.9. The average molecular weight is 254 g/mol. The summed E-state index contributed by atoms with van der Waals surface area (Å²) >= 11 is 0. The van der Waals surface area contributed by atoms with Crippen LogP contribution in [0.5, 0.6) is 0 Å². The molecule has 2 aliphatic rings. The second-order valence-electron chi connectivity index (χ2n) is 5.25. The first-order valence-electron chi connectivity index (χ1n) is 6.60. The van der Waals surface area contributed by atoms with Gasteiger partial charge in [-0.3, -0.25) is 4.79 Å². The lowest BCUT2D eigenvalue weighted by molar-refractivity contribution is -0.119. The number of para-hydroxylation sites is 1. The zero-order chi connectivity index (χ0) is 13.5. The van der Waals surface area contributed by atoms with Crippen LogP contribution in [0.2, 0.25) is 0 Å². The zero-order valence-corrected chi connectivity index (χ0v) is 10.9. The fourth-order valence-corrected chi connectivity index (χ4v) is 3.52. The van der Waals surface area contributed by atoms with Crippen molar-refractivity contribution in [2.75, 3.05) is 11.4 Å². The van der Waals surface area contributed by atoms with Crippen molar-refractivity contribution in [1.82, 2.24) is 5.32 Å². The molecule has 1 aromatic carbocycles. The SMILES string of the molecule is C=CCN1c2ccccc2[C@]2(CC=C)CC(=O)N[C@H]12. The molecule has 3 rings (SSSR count). The van der Waals surface area contributed by atoms with E-state index in [4.69, 9.17) is 0 Å². The summed E-state index contributed by atoms with van der Waals surface area (Å²) in [5.74, 6) is 0.121. The fraction of sp³-hybridized carbons (Fsp3) is 0.312. The lowest BCUT2D eigenvalue weighted by Crippen LogP contribution is -2.48. The minimum atomic E-state index is -0.168. The van der Waals surface area contributed by atoms with Crippen molar-refractivity contribution >= 4 is 11.6 Å². The number of hydrogen-bond donors (Lipinski definition) is 1. The number of allylic oxidation sites excluding steroid dienone is 1. The summed E-state index contributed by atoms with van der Waals surface area (Å²) in [6.45, 7) is 8.43. The van der Waals surface area contributed by atoms with Crippen LogP contribution in [0.4, 0.5) is 5.69 Å². The van der Waals surface area contributed by atoms with E-state index < -0.39 is 0 Å². The van der Waals surface area contributed by atoms with Gasteiger partial charge in [-0.25, -0.2) is 0 Å². The maximum Gasteiger partial charge on any atom is 0.222 e. The van der Waals surface area contributed by atoms with E-state index in [1.54, 1.807) is 0 Å². The van der Waals surface area contributed by atoms with Crippen molar-refractivity contribution in [2.24, 2.45) is 0 Å². The quantitative estimate of drug-likeness (QED) is 0.837. The van der Waals surface area contributed by atoms with Crippen LogP contribution in [0.25, 0.3) is 0 Å². The van der Waals surface area contributed by atoms with E-state index in [0.29, 0.717) is 6.42 Å². The van der Waals surface area contributed by atoms with Gasteiger partial charge in [0.05, 0.1) is 0 Å². The van der Waals surface area contributed by atoms with Crippen LogP contribution in [-0.2, 0) is 10.2 Å². The summed E-state index contributed by atoms with van der Waals surface area (Å²) in [7, 11) is 0. The lowest BCUT2D eigenvalue weighted by Gasteiger charge is -2.31. The minimum Gasteiger partial charge on any atom is -0.346 e. The summed E-state index contributed by atoms with van der Waals surface area (Å²) in [5.41, 5.74) is 2.28. The van der Waals surface area contributed by atoms with Crippen molar-refractivity contribution in [3.05, 3.63) is 55.1 Å². The molecule has 1 N–H and O–H groups in total. The number of nitrogens with one attached hydrogen (secondary N) is 1. The highest BCUT2D eigenvalue weighted by Crippen LogP contribution is 2.51. The molecule has 19 heavy (non-hydrogen) atoms. The van der Waals surface area contributed by atoms with Gasteiger partial charge in [-0.15, -0.1) is 13.2 Å². The molecule has 0 aromatic heterocycles. The summed E-state index contributed by atoms with van der Waals surface area (Å²) < 4.78 is 0. The molecule has 0 bridgehead atoms. The molecule has 0 aliphatic carbocycles. The van der Waals surface area contributed by atoms with Crippen LogP contribution in [0.1, 0.15) is 18.4 Å². The van der Waals surface area contributed by atoms with Crippen molar-refractivity contribution in [2.45, 2.75) is 24.4 Å². The molecule has 2 heterocycles. The molecule has 0 spiro atoms. The first-order valence-corrected chi connectivity index (χ1v) is 6.60. The van der Waals surface area contributed by atoms with E-state index in [1.165, 1.54) is 11.3 Å². The average Bonchev–Trinajstić information content (AvgIpc) is 2.84. The first kappa shape index (κ1) is 12.0. The number of hydrogen-bond acceptors (Lipinski definition) is 2. The Kier molecular flexibility index (Phi) is 2.70. The van der Waals surface area contributed by atoms with Crippen LogP contribution >= 0.6 is 0 Å². The maximum absolute atomic E-state index is 11.9. The number of fused-ring (bicyclic) bond motifs is 3. The second-order valence-corrected chi connectivity index (χ2v) is 5.25. The van der Waals surface area contributed by atoms with Crippen molar-refractivity contribution in [1.29, 1.82) is 0 Å². The molecule has 0 saturated carbocycles. The molecule has 1 saturated heterocycles. The third-order valence-corrected chi connectivity index (χ3v) is 4.19. The van der Waals surface area contributed by atoms with Gasteiger partial charge >= 0.3 is 0 Å². The number of benzene rings is 1. The van der Waals surface area contributed by atoms with Gasteiger partial charge in [-0.1, -0.05) is 30.4 Å². The molecule has 2 aliphatic heterocycles. The zero-order valence-electron chi connectivity index (χ0n) is 10.9. The molecule has 3 nitrogen and oxygen atoms in total. The number of nitrogens with zero attached hydrogens (tertiary/aromatic N) is 1. The predicted molar refractivity (Wildman–Crippen MR) is 77.0 cm³/mol. The number of rotatable bonds is 4. The van der Waals surface area contributed by atoms with Gasteiger partial charge in [-0.05, 0) is 18.1 Å². The molecule has 98 valence electrons. The van der Waals surface area contributed by atoms with Crippen LogP contribution in [0.15, 0.2) is 49.6 Å². The molecular weight excluding hydrogens is 236 g/mol. The topological polar surface area (TPSA) is 32.3 Å². The third kappa shape index (κ3) is 1.54. The molecule has 1 fully saturated rings. The van der Waals surface area contributed by atoms with Crippen LogP contribution in [0.3, 0.4) is 0 Å². The third-order valence-electron chi connectivity index (χ3n) is 4.19. The number of carbonyl (C=O) groups excluding carboxylic acids is 1. The van der Waals surface area contributed by atoms with Crippen LogP contribution in [0, 0.1) is 0 Å². The van der Waals surface area contributed by atoms with Gasteiger partial charge in [0, 0.05) is 24.1 Å². The molecule has 1 aromatic rings. The van der Waals surface area contributed by atoms with Crippen LogP contribution < -0.4 is 10.2 Å². The van der Waals surface area contributed by atoms with Gasteiger partial charge in [0.15, 0.2) is 0 Å². The highest BCUT2D eigenvalue weighted by atomic mass is 16.2. The van der Waals surface area contributed by atoms with E-state index in [9.17, 15) is 4.79 Å². The van der Waals surface area contributed by atoms with Crippen molar-refractivity contribution in [3.63, 3.8) is 0 Å². The van der Waals surface area contributed by atoms with E-state index in [2.05, 4.69) is 35.5 Å². The summed E-state index contributed by atoms with van der Waals surface area (Å²) in [6.07, 6.45) is 5.16. The highest BCUT2D eigenvalue weighted by Gasteiger charge is 2.55. The van der Waals surface area contributed by atoms with E-state index in [0.717, 1.165) is 13.0 Å². The Morgan fingerprint density at radius 2 is 2.16 bits per heavy atom. The van der Waals surface area contributed by atoms with E-state index in [1.807, 2.05) is 24.3 Å². The fourth-order valence-electron chi connectivity index (χ4n) is 3.52. The second kappa shape index (κ2) is 4.26. The molecule has 0 radical (unpaired) electrons. The first-order chi connectivity index (χ1) is 9.23. The molecule has 0 unspecified atom stereocenters. The Morgan fingerprint density at radius 1 is 1.37 bits per heavy atom. The predicted octanol–water partition coefficient (Wildman–Crippen LogP) is 2.35. The van der Waals surface area contributed by atoms with Gasteiger partial charge < -0.3 is 10.2 Å². The molecule has 1 amide bonds. The largest absolute Gasteiger partial charge is 0.346 e. The summed E-state index contributed by atoms with van der Waals surface area (Å²) in [6, 6.07) is 8.34. The van der Waals surface area contributed by atoms with Crippen molar-refractivity contribution < 1.29 is 4.79 Å². The number of carbonyl (C=O) groups is 1. The van der Waals surface area contributed by atoms with Gasteiger partial charge in [0.25, 0.3) is 0 Å². The van der Waals surface area contributed by atoms with E-state index in [-0.39, 0.29) is 17.5 Å². The van der Waals surface area contributed by atoms with Crippen molar-refractivity contribution in [3.8, 4) is 0 Å². The Bertz CT molecular complexity index is 551. The lowest BCUT2D eigenvalue weighted by atomic mass is 9.76. The number of amides is 1. The Hall–Kier alpha value is -2.03. The minimum absolute atomic E-state index is 0.0217. The van der Waals surface area contributed by atoms with Gasteiger partial charge in [0.1, 0.15) is 6.17 Å². The van der Waals surface area contributed by atoms with Gasteiger partial charge in [-0.2, -0.15) is 0 Å². The molecule has 3 heteroatoms. The monoisotopic (exact) mass is 254 g/mol. The van der Waals surface area contributed by atoms with E-state index >= 15 is 0 Å². The highest BCUT2D eigenvalue weighted by molar-refractivity contribution is 5.85. The standard InChI is InChI=1S/C16H18N2O/c1-3-9-16-11-14(19)17-15(16)18(10-4-2)13-8-6-5-7-12(13)16/h3-8,15H,1-2,9-11H2,(H,17,19)/t15-,16+/m1/s1. The normalized spacial score (nSPS) is 27.7. The van der Waals surface area contributed by atoms with Crippen LogP contribution in [-0.4, -0.2) is 18.6 Å².